The van der Waals surface area contributed by atoms with Gasteiger partial charge >= 0.3 is 13.6 Å². The normalized spacial score (nSPS) is 12.7. The minimum atomic E-state index is -3.46. The first-order chi connectivity index (χ1) is 5.83. The van der Waals surface area contributed by atoms with Crippen molar-refractivity contribution in [2.24, 2.45) is 0 Å². The van der Waals surface area contributed by atoms with Crippen LogP contribution in [0.4, 0.5) is 0 Å². The smallest absolute Gasteiger partial charge is 0.333 e. The predicted molar refractivity (Wildman–Crippen MR) is 60.9 cm³/mol. The highest BCUT2D eigenvalue weighted by atomic mass is 31.2. The van der Waals surface area contributed by atoms with E-state index in [1.807, 2.05) is 0 Å². The monoisotopic (exact) mass is 240 g/mol. The van der Waals surface area contributed by atoms with Gasteiger partial charge in [0.25, 0.3) is 0 Å². The van der Waals surface area contributed by atoms with Gasteiger partial charge < -0.3 is 14.2 Å². The van der Waals surface area contributed by atoms with Gasteiger partial charge in [-0.15, -0.1) is 0 Å². The van der Waals surface area contributed by atoms with E-state index in [0.717, 1.165) is 6.66 Å². The Bertz CT molecular complexity index is 243. The summed E-state index contributed by atoms with van der Waals surface area (Å²) in [6, 6.07) is 0. The van der Waals surface area contributed by atoms with Crippen molar-refractivity contribution >= 4 is 13.6 Å². The summed E-state index contributed by atoms with van der Waals surface area (Å²) in [5, 5.41) is 0. The molecule has 0 radical (unpaired) electrons. The molecular weight excluding hydrogens is 219 g/mol. The van der Waals surface area contributed by atoms with E-state index < -0.39 is 13.6 Å². The van der Waals surface area contributed by atoms with Crippen molar-refractivity contribution in [2.75, 3.05) is 19.9 Å². The van der Waals surface area contributed by atoms with E-state index in [4.69, 9.17) is 4.89 Å². The quantitative estimate of drug-likeness (QED) is 0.345. The van der Waals surface area contributed by atoms with Gasteiger partial charge in [-0.3, -0.25) is 4.57 Å². The second kappa shape index (κ2) is 8.65. The Hall–Kier alpha value is -0.640. The first-order valence-corrected chi connectivity index (χ1v) is 5.63. The van der Waals surface area contributed by atoms with Crippen molar-refractivity contribution in [3.05, 3.63) is 12.2 Å². The number of esters is 1. The third kappa shape index (κ3) is 13.4. The van der Waals surface area contributed by atoms with E-state index in [0.29, 0.717) is 0 Å². The van der Waals surface area contributed by atoms with E-state index in [2.05, 4.69) is 15.8 Å². The summed E-state index contributed by atoms with van der Waals surface area (Å²) in [6.07, 6.45) is 0. The Labute approximate surface area is 91.6 Å². The summed E-state index contributed by atoms with van der Waals surface area (Å²) in [5.41, 5.74) is 0.281. The zero-order chi connectivity index (χ0) is 10.5. The summed E-state index contributed by atoms with van der Waals surface area (Å²) in [5.74, 6) is -0.535. The maximum absolute atomic E-state index is 10.8. The third-order valence-electron chi connectivity index (χ3n) is 0.996. The molecule has 0 bridgehead atoms. The molecule has 0 spiro atoms. The molecule has 0 aliphatic carbocycles. The van der Waals surface area contributed by atoms with Crippen molar-refractivity contribution in [3.8, 4) is 0 Å². The second-order valence-electron chi connectivity index (χ2n) is 2.55. The molecule has 0 rings (SSSR count). The number of carbonyl (C=O) groups is 1. The standard InChI is InChI=1S/C7H13O5P.2CH4/c1-6(2)7(8)11-4-5-12-13(3,9)10;;/h1,4-5H2,2-3H3,(H,9,10);2*1H4. The van der Waals surface area contributed by atoms with Gasteiger partial charge in [0.15, 0.2) is 0 Å². The Morgan fingerprint density at radius 2 is 1.87 bits per heavy atom. The Morgan fingerprint density at radius 3 is 2.20 bits per heavy atom. The van der Waals surface area contributed by atoms with Crippen LogP contribution in [0.15, 0.2) is 12.2 Å². The van der Waals surface area contributed by atoms with Gasteiger partial charge in [0.05, 0.1) is 6.61 Å². The van der Waals surface area contributed by atoms with Crippen molar-refractivity contribution < 1.29 is 23.5 Å². The molecule has 1 unspecified atom stereocenters. The lowest BCUT2D eigenvalue weighted by Gasteiger charge is -2.07. The van der Waals surface area contributed by atoms with Crippen LogP contribution in [0, 0.1) is 0 Å². The van der Waals surface area contributed by atoms with E-state index in [9.17, 15) is 9.36 Å². The van der Waals surface area contributed by atoms with Gasteiger partial charge in [0, 0.05) is 12.2 Å². The van der Waals surface area contributed by atoms with E-state index >= 15 is 0 Å². The summed E-state index contributed by atoms with van der Waals surface area (Å²) in [6.45, 7) is 5.79. The summed E-state index contributed by atoms with van der Waals surface area (Å²) < 4.78 is 19.6. The zero-order valence-electron chi connectivity index (χ0n) is 7.65. The van der Waals surface area contributed by atoms with Crippen LogP contribution >= 0.6 is 7.60 Å². The predicted octanol–water partition coefficient (Wildman–Crippen LogP) is 2.21. The lowest BCUT2D eigenvalue weighted by molar-refractivity contribution is -0.139. The number of carbonyl (C=O) groups excluding carboxylic acids is 1. The maximum Gasteiger partial charge on any atom is 0.333 e. The van der Waals surface area contributed by atoms with Crippen LogP contribution in [0.1, 0.15) is 21.8 Å². The highest BCUT2D eigenvalue weighted by Crippen LogP contribution is 2.35. The number of ether oxygens (including phenoxy) is 1. The molecule has 0 saturated carbocycles. The molecule has 0 saturated heterocycles. The fourth-order valence-corrected chi connectivity index (χ4v) is 0.878. The Balaban J connectivity index is -0.000000720. The minimum absolute atomic E-state index is 0. The molecule has 0 aromatic heterocycles. The third-order valence-corrected chi connectivity index (χ3v) is 1.66. The molecular formula is C9H21O5P. The summed E-state index contributed by atoms with van der Waals surface area (Å²) in [4.78, 5) is 19.4. The SMILES string of the molecule is C.C.C=C(C)C(=O)OCCOP(C)(=O)O. The number of hydrogen-bond acceptors (Lipinski definition) is 4. The van der Waals surface area contributed by atoms with Crippen LogP contribution in [0.25, 0.3) is 0 Å². The molecule has 0 aromatic rings. The molecule has 0 fully saturated rings. The molecule has 0 aromatic carbocycles. The maximum atomic E-state index is 10.8. The second-order valence-corrected chi connectivity index (χ2v) is 4.42. The molecule has 0 aliphatic heterocycles. The zero-order valence-corrected chi connectivity index (χ0v) is 8.54. The fraction of sp³-hybridized carbons (Fsp3) is 0.667. The molecule has 0 aliphatic rings. The van der Waals surface area contributed by atoms with Gasteiger partial charge in [-0.2, -0.15) is 0 Å². The molecule has 6 heteroatoms. The molecule has 0 amide bonds. The van der Waals surface area contributed by atoms with Gasteiger partial charge in [-0.25, -0.2) is 4.79 Å². The van der Waals surface area contributed by atoms with Crippen LogP contribution in [0.2, 0.25) is 0 Å². The van der Waals surface area contributed by atoms with Crippen molar-refractivity contribution in [1.82, 2.24) is 0 Å². The number of rotatable bonds is 5. The first-order valence-electron chi connectivity index (χ1n) is 3.60. The topological polar surface area (TPSA) is 72.8 Å². The van der Waals surface area contributed by atoms with Crippen molar-refractivity contribution in [1.29, 1.82) is 0 Å². The fourth-order valence-electron chi connectivity index (χ4n) is 0.464. The lowest BCUT2D eigenvalue weighted by atomic mass is 10.4. The van der Waals surface area contributed by atoms with Crippen LogP contribution in [0.3, 0.4) is 0 Å². The van der Waals surface area contributed by atoms with Crippen LogP contribution in [-0.2, 0) is 18.6 Å². The molecule has 15 heavy (non-hydrogen) atoms. The average Bonchev–Trinajstić information content (AvgIpc) is 1.95. The highest BCUT2D eigenvalue weighted by Gasteiger charge is 2.10. The minimum Gasteiger partial charge on any atom is -0.460 e. The first kappa shape index (κ1) is 19.9. The van der Waals surface area contributed by atoms with Gasteiger partial charge in [-0.05, 0) is 6.92 Å². The lowest BCUT2D eigenvalue weighted by Crippen LogP contribution is -2.10. The van der Waals surface area contributed by atoms with Crippen molar-refractivity contribution in [2.45, 2.75) is 21.8 Å². The van der Waals surface area contributed by atoms with Gasteiger partial charge in [0.2, 0.25) is 0 Å². The average molecular weight is 240 g/mol. The van der Waals surface area contributed by atoms with Crippen LogP contribution in [0.5, 0.6) is 0 Å². The number of hydrogen-bond donors (Lipinski definition) is 1. The van der Waals surface area contributed by atoms with Gasteiger partial charge in [0.1, 0.15) is 6.61 Å². The van der Waals surface area contributed by atoms with Gasteiger partial charge in [-0.1, -0.05) is 21.4 Å². The van der Waals surface area contributed by atoms with E-state index in [1.54, 1.807) is 0 Å². The largest absolute Gasteiger partial charge is 0.460 e. The molecule has 92 valence electrons. The van der Waals surface area contributed by atoms with E-state index in [-0.39, 0.29) is 33.6 Å². The molecule has 1 N–H and O–H groups in total. The Kier molecular flexibility index (Phi) is 11.5. The highest BCUT2D eigenvalue weighted by molar-refractivity contribution is 7.51. The van der Waals surface area contributed by atoms with Crippen LogP contribution < -0.4 is 0 Å². The van der Waals surface area contributed by atoms with Crippen LogP contribution in [-0.4, -0.2) is 30.7 Å². The molecule has 1 atom stereocenters. The van der Waals surface area contributed by atoms with Crippen molar-refractivity contribution in [3.63, 3.8) is 0 Å². The Morgan fingerprint density at radius 1 is 1.40 bits per heavy atom. The van der Waals surface area contributed by atoms with E-state index in [1.165, 1.54) is 6.92 Å². The molecule has 5 nitrogen and oxygen atoms in total. The summed E-state index contributed by atoms with van der Waals surface area (Å²) >= 11 is 0. The summed E-state index contributed by atoms with van der Waals surface area (Å²) in [7, 11) is -3.46. The molecule has 0 heterocycles.